The number of hydrogen-bond donors (Lipinski definition) is 5. The van der Waals surface area contributed by atoms with E-state index in [4.69, 9.17) is 5.11 Å². The topological polar surface area (TPSA) is 93.0 Å². The van der Waals surface area contributed by atoms with Gasteiger partial charge in [0, 0.05) is 19.7 Å². The summed E-state index contributed by atoms with van der Waals surface area (Å²) in [4.78, 5) is 0. The lowest BCUT2D eigenvalue weighted by Gasteiger charge is -2.17. The van der Waals surface area contributed by atoms with Crippen LogP contribution in [0, 0.1) is 0 Å². The third-order valence-corrected chi connectivity index (χ3v) is 3.74. The van der Waals surface area contributed by atoms with E-state index in [-0.39, 0.29) is 17.5 Å². The molecule has 2 atom stereocenters. The van der Waals surface area contributed by atoms with Gasteiger partial charge < -0.3 is 25.7 Å². The Balaban J connectivity index is 0.00000139. The summed E-state index contributed by atoms with van der Waals surface area (Å²) < 4.78 is 0. The quantitative estimate of drug-likeness (QED) is 0.536. The van der Waals surface area contributed by atoms with Gasteiger partial charge in [-0.25, -0.2) is 0 Å². The number of rotatable bonds is 7. The van der Waals surface area contributed by atoms with Gasteiger partial charge in [-0.15, -0.1) is 0 Å². The highest BCUT2D eigenvalue weighted by atomic mass is 16.3. The molecule has 0 bridgehead atoms. The first kappa shape index (κ1) is 20.0. The van der Waals surface area contributed by atoms with Crippen molar-refractivity contribution in [2.45, 2.75) is 31.9 Å². The molecule has 0 spiro atoms. The minimum atomic E-state index is -0.586. The van der Waals surface area contributed by atoms with Gasteiger partial charge in [0.05, 0.1) is 6.10 Å². The highest BCUT2D eigenvalue weighted by Crippen LogP contribution is 2.16. The summed E-state index contributed by atoms with van der Waals surface area (Å²) in [7, 11) is 1.00. The molecule has 2 rings (SSSR count). The summed E-state index contributed by atoms with van der Waals surface area (Å²) in [6.45, 7) is 2.56. The van der Waals surface area contributed by atoms with Crippen molar-refractivity contribution in [1.29, 1.82) is 0 Å². The van der Waals surface area contributed by atoms with Gasteiger partial charge in [-0.1, -0.05) is 24.3 Å². The van der Waals surface area contributed by atoms with E-state index < -0.39 is 6.10 Å². The lowest BCUT2D eigenvalue weighted by atomic mass is 10.1. The fourth-order valence-corrected chi connectivity index (χ4v) is 2.27. The van der Waals surface area contributed by atoms with E-state index in [0.717, 1.165) is 25.5 Å². The summed E-state index contributed by atoms with van der Waals surface area (Å²) in [5.41, 5.74) is 1.97. The lowest BCUT2D eigenvalue weighted by Crippen LogP contribution is -2.30. The van der Waals surface area contributed by atoms with E-state index in [1.807, 2.05) is 12.1 Å². The number of phenols is 2. The van der Waals surface area contributed by atoms with Crippen LogP contribution >= 0.6 is 0 Å². The predicted molar refractivity (Wildman–Crippen MR) is 95.1 cm³/mol. The first-order chi connectivity index (χ1) is 11.5. The monoisotopic (exact) mass is 333 g/mol. The van der Waals surface area contributed by atoms with Crippen molar-refractivity contribution in [2.24, 2.45) is 0 Å². The zero-order chi connectivity index (χ0) is 17.9. The molecule has 0 amide bonds. The fraction of sp³-hybridized carbons (Fsp3) is 0.368. The van der Waals surface area contributed by atoms with Crippen LogP contribution in [0.1, 0.15) is 30.6 Å². The van der Waals surface area contributed by atoms with Crippen molar-refractivity contribution in [1.82, 2.24) is 5.32 Å². The van der Waals surface area contributed by atoms with Crippen LogP contribution in [-0.4, -0.2) is 40.1 Å². The van der Waals surface area contributed by atoms with Gasteiger partial charge in [0.25, 0.3) is 0 Å². The Morgan fingerprint density at radius 2 is 1.38 bits per heavy atom. The normalized spacial score (nSPS) is 12.8. The molecule has 132 valence electrons. The second-order valence-electron chi connectivity index (χ2n) is 5.62. The highest BCUT2D eigenvalue weighted by Gasteiger charge is 2.09. The minimum absolute atomic E-state index is 0.200. The van der Waals surface area contributed by atoms with E-state index in [9.17, 15) is 15.3 Å². The first-order valence-corrected chi connectivity index (χ1v) is 7.97. The molecule has 2 unspecified atom stereocenters. The maximum Gasteiger partial charge on any atom is 0.115 e. The van der Waals surface area contributed by atoms with Gasteiger partial charge >= 0.3 is 0 Å². The van der Waals surface area contributed by atoms with Gasteiger partial charge in [0.1, 0.15) is 11.5 Å². The van der Waals surface area contributed by atoms with Crippen molar-refractivity contribution in [3.05, 3.63) is 59.7 Å². The Bertz CT molecular complexity index is 569. The van der Waals surface area contributed by atoms with Gasteiger partial charge in [-0.3, -0.25) is 0 Å². The molecule has 0 fully saturated rings. The number of aliphatic hydroxyl groups excluding tert-OH is 2. The molecule has 5 nitrogen and oxygen atoms in total. The molecule has 0 saturated heterocycles. The molecule has 24 heavy (non-hydrogen) atoms. The number of aryl methyl sites for hydroxylation is 1. The fourth-order valence-electron chi connectivity index (χ4n) is 2.27. The molecule has 0 radical (unpaired) electrons. The molecule has 2 aromatic carbocycles. The van der Waals surface area contributed by atoms with Crippen molar-refractivity contribution in [3.8, 4) is 11.5 Å². The average Bonchev–Trinajstić information content (AvgIpc) is 2.61. The van der Waals surface area contributed by atoms with Crippen LogP contribution < -0.4 is 5.32 Å². The largest absolute Gasteiger partial charge is 0.508 e. The molecular weight excluding hydrogens is 306 g/mol. The molecule has 0 aliphatic heterocycles. The van der Waals surface area contributed by atoms with E-state index in [1.165, 1.54) is 5.56 Å². The average molecular weight is 333 g/mol. The van der Waals surface area contributed by atoms with Crippen molar-refractivity contribution in [2.75, 3.05) is 13.7 Å². The SMILES string of the molecule is CC(CCc1ccc(O)cc1)NCC(O)c1ccc(O)cc1.CO. The molecule has 0 heterocycles. The summed E-state index contributed by atoms with van der Waals surface area (Å²) in [5, 5.41) is 38.9. The zero-order valence-electron chi connectivity index (χ0n) is 14.2. The summed E-state index contributed by atoms with van der Waals surface area (Å²) in [6.07, 6.45) is 1.29. The van der Waals surface area contributed by atoms with E-state index >= 15 is 0 Å². The molecule has 0 aliphatic rings. The van der Waals surface area contributed by atoms with Crippen molar-refractivity contribution < 1.29 is 20.4 Å². The van der Waals surface area contributed by atoms with Crippen molar-refractivity contribution >= 4 is 0 Å². The first-order valence-electron chi connectivity index (χ1n) is 7.97. The minimum Gasteiger partial charge on any atom is -0.508 e. The molecular formula is C19H27NO4. The smallest absolute Gasteiger partial charge is 0.115 e. The van der Waals surface area contributed by atoms with E-state index in [0.29, 0.717) is 6.54 Å². The Morgan fingerprint density at radius 3 is 1.92 bits per heavy atom. The lowest BCUT2D eigenvalue weighted by molar-refractivity contribution is 0.170. The predicted octanol–water partition coefficient (Wildman–Crippen LogP) is 2.35. The summed E-state index contributed by atoms with van der Waals surface area (Å²) in [6, 6.07) is 14.1. The number of benzene rings is 2. The van der Waals surface area contributed by atoms with Crippen LogP contribution in [0.2, 0.25) is 0 Å². The molecule has 5 heteroatoms. The number of nitrogens with one attached hydrogen (secondary N) is 1. The van der Waals surface area contributed by atoms with E-state index in [1.54, 1.807) is 36.4 Å². The molecule has 0 aromatic heterocycles. The third-order valence-electron chi connectivity index (χ3n) is 3.74. The van der Waals surface area contributed by atoms with Crippen LogP contribution in [0.25, 0.3) is 0 Å². The maximum absolute atomic E-state index is 10.1. The van der Waals surface area contributed by atoms with Gasteiger partial charge in [0.2, 0.25) is 0 Å². The molecule has 2 aromatic rings. The van der Waals surface area contributed by atoms with Crippen LogP contribution in [0.15, 0.2) is 48.5 Å². The summed E-state index contributed by atoms with van der Waals surface area (Å²) >= 11 is 0. The summed E-state index contributed by atoms with van der Waals surface area (Å²) in [5.74, 6) is 0.484. The maximum atomic E-state index is 10.1. The van der Waals surface area contributed by atoms with Gasteiger partial charge in [-0.2, -0.15) is 0 Å². The second-order valence-corrected chi connectivity index (χ2v) is 5.62. The molecule has 0 aliphatic carbocycles. The van der Waals surface area contributed by atoms with Crippen molar-refractivity contribution in [3.63, 3.8) is 0 Å². The zero-order valence-corrected chi connectivity index (χ0v) is 14.2. The molecule has 0 saturated carbocycles. The standard InChI is InChI=1S/C18H23NO3.CH4O/c1-13(2-3-14-4-8-16(20)9-5-14)19-12-18(22)15-6-10-17(21)11-7-15;1-2/h4-11,13,18-22H,2-3,12H2,1H3;2H,1H3. The second kappa shape index (κ2) is 10.6. The van der Waals surface area contributed by atoms with Crippen LogP contribution in [0.3, 0.4) is 0 Å². The van der Waals surface area contributed by atoms with Gasteiger partial charge in [-0.05, 0) is 55.2 Å². The van der Waals surface area contributed by atoms with Crippen LogP contribution in [0.4, 0.5) is 0 Å². The Kier molecular flexibility index (Phi) is 8.86. The Labute approximate surface area is 143 Å². The number of aliphatic hydroxyl groups is 2. The van der Waals surface area contributed by atoms with E-state index in [2.05, 4.69) is 12.2 Å². The van der Waals surface area contributed by atoms with Gasteiger partial charge in [0.15, 0.2) is 0 Å². The highest BCUT2D eigenvalue weighted by molar-refractivity contribution is 5.27. The Morgan fingerprint density at radius 1 is 0.875 bits per heavy atom. The number of phenolic OH excluding ortho intramolecular Hbond substituents is 2. The number of aromatic hydroxyl groups is 2. The van der Waals surface area contributed by atoms with Crippen LogP contribution in [-0.2, 0) is 6.42 Å². The number of hydrogen-bond acceptors (Lipinski definition) is 5. The Hall–Kier alpha value is -2.08. The van der Waals surface area contributed by atoms with Crippen LogP contribution in [0.5, 0.6) is 11.5 Å². The molecule has 5 N–H and O–H groups in total. The third kappa shape index (κ3) is 7.00.